The largest absolute Gasteiger partial charge is 0.396 e. The van der Waals surface area contributed by atoms with E-state index < -0.39 is 0 Å². The van der Waals surface area contributed by atoms with E-state index in [0.717, 1.165) is 17.1 Å². The minimum absolute atomic E-state index is 0.520. The van der Waals surface area contributed by atoms with E-state index in [-0.39, 0.29) is 0 Å². The number of nitrogens with zero attached hydrogens (tertiary/aromatic N) is 1. The number of thioether (sulfide) groups is 1. The van der Waals surface area contributed by atoms with Crippen molar-refractivity contribution in [3.8, 4) is 0 Å². The van der Waals surface area contributed by atoms with Crippen LogP contribution in [-0.2, 0) is 0 Å². The Balaban J connectivity index is 2.11. The molecule has 1 heterocycles. The van der Waals surface area contributed by atoms with Crippen molar-refractivity contribution in [2.45, 2.75) is 37.5 Å². The molecule has 1 saturated carbocycles. The second kappa shape index (κ2) is 4.95. The fourth-order valence-electron chi connectivity index (χ4n) is 2.23. The molecule has 0 bridgehead atoms. The van der Waals surface area contributed by atoms with Crippen molar-refractivity contribution in [1.82, 2.24) is 4.98 Å². The van der Waals surface area contributed by atoms with Crippen LogP contribution in [0.4, 0.5) is 11.5 Å². The van der Waals surface area contributed by atoms with Crippen LogP contribution in [0.1, 0.15) is 24.8 Å². The number of hydrogen-bond donors (Lipinski definition) is 2. The van der Waals surface area contributed by atoms with Gasteiger partial charge < -0.3 is 11.1 Å². The minimum atomic E-state index is 0.520. The van der Waals surface area contributed by atoms with Gasteiger partial charge in [-0.05, 0) is 37.7 Å². The Morgan fingerprint density at radius 1 is 1.50 bits per heavy atom. The van der Waals surface area contributed by atoms with Crippen LogP contribution in [0.5, 0.6) is 0 Å². The molecular weight excluding hydrogens is 218 g/mol. The average molecular weight is 237 g/mol. The molecule has 2 atom stereocenters. The summed E-state index contributed by atoms with van der Waals surface area (Å²) < 4.78 is 0. The molecule has 0 amide bonds. The number of rotatable bonds is 3. The summed E-state index contributed by atoms with van der Waals surface area (Å²) in [6.07, 6.45) is 7.81. The van der Waals surface area contributed by atoms with Gasteiger partial charge >= 0.3 is 0 Å². The lowest BCUT2D eigenvalue weighted by molar-refractivity contribution is 0.764. The predicted octanol–water partition coefficient (Wildman–Crippen LogP) is 2.67. The summed E-state index contributed by atoms with van der Waals surface area (Å²) in [6, 6.07) is 2.47. The van der Waals surface area contributed by atoms with Gasteiger partial charge in [-0.25, -0.2) is 4.98 Å². The number of pyridine rings is 1. The highest BCUT2D eigenvalue weighted by atomic mass is 32.2. The number of aryl methyl sites for hydroxylation is 1. The Kier molecular flexibility index (Phi) is 3.59. The number of anilines is 2. The highest BCUT2D eigenvalue weighted by molar-refractivity contribution is 7.99. The Morgan fingerprint density at radius 3 is 3.06 bits per heavy atom. The number of hydrogen-bond acceptors (Lipinski definition) is 4. The lowest BCUT2D eigenvalue weighted by Gasteiger charge is -2.21. The number of aromatic nitrogens is 1. The minimum Gasteiger partial charge on any atom is -0.396 e. The molecule has 16 heavy (non-hydrogen) atoms. The second-order valence-electron chi connectivity index (χ2n) is 4.35. The van der Waals surface area contributed by atoms with Crippen molar-refractivity contribution in [3.63, 3.8) is 0 Å². The standard InChI is InChI=1S/C12H19N3S/c1-8-6-7-14-12(11(8)13)15-9-4-3-5-10(9)16-2/h6-7,9-10H,3-5,13H2,1-2H3,(H,14,15). The molecule has 4 heteroatoms. The second-order valence-corrected chi connectivity index (χ2v) is 5.42. The third-order valence-electron chi connectivity index (χ3n) is 3.29. The normalized spacial score (nSPS) is 24.6. The first-order valence-electron chi connectivity index (χ1n) is 5.72. The lowest BCUT2D eigenvalue weighted by Crippen LogP contribution is -2.26. The van der Waals surface area contributed by atoms with E-state index in [1.54, 1.807) is 0 Å². The van der Waals surface area contributed by atoms with Crippen LogP contribution in [0.2, 0.25) is 0 Å². The molecule has 0 aromatic carbocycles. The molecule has 1 aliphatic rings. The van der Waals surface area contributed by atoms with Crippen molar-refractivity contribution in [2.24, 2.45) is 0 Å². The first kappa shape index (κ1) is 11.6. The van der Waals surface area contributed by atoms with Gasteiger partial charge in [-0.3, -0.25) is 0 Å². The van der Waals surface area contributed by atoms with Crippen molar-refractivity contribution in [2.75, 3.05) is 17.3 Å². The van der Waals surface area contributed by atoms with Crippen molar-refractivity contribution in [1.29, 1.82) is 0 Å². The molecule has 88 valence electrons. The quantitative estimate of drug-likeness (QED) is 0.848. The summed E-state index contributed by atoms with van der Waals surface area (Å²) >= 11 is 1.94. The SMILES string of the molecule is CSC1CCCC1Nc1nccc(C)c1N. The van der Waals surface area contributed by atoms with Crippen LogP contribution < -0.4 is 11.1 Å². The zero-order valence-electron chi connectivity index (χ0n) is 9.86. The topological polar surface area (TPSA) is 50.9 Å². The molecule has 2 unspecified atom stereocenters. The zero-order valence-corrected chi connectivity index (χ0v) is 10.7. The van der Waals surface area contributed by atoms with E-state index in [4.69, 9.17) is 5.73 Å². The van der Waals surface area contributed by atoms with Gasteiger partial charge in [0, 0.05) is 17.5 Å². The van der Waals surface area contributed by atoms with E-state index >= 15 is 0 Å². The van der Waals surface area contributed by atoms with Gasteiger partial charge in [-0.15, -0.1) is 0 Å². The van der Waals surface area contributed by atoms with E-state index in [2.05, 4.69) is 16.6 Å². The third-order valence-corrected chi connectivity index (χ3v) is 4.46. The maximum atomic E-state index is 6.02. The molecule has 3 N–H and O–H groups in total. The first-order valence-corrected chi connectivity index (χ1v) is 7.01. The molecule has 1 aromatic rings. The van der Waals surface area contributed by atoms with Crippen molar-refractivity contribution in [3.05, 3.63) is 17.8 Å². The molecule has 0 aliphatic heterocycles. The highest BCUT2D eigenvalue weighted by Crippen LogP contribution is 2.31. The maximum Gasteiger partial charge on any atom is 0.149 e. The Hall–Kier alpha value is -0.900. The van der Waals surface area contributed by atoms with Crippen LogP contribution in [0.25, 0.3) is 0 Å². The van der Waals surface area contributed by atoms with Gasteiger partial charge in [0.2, 0.25) is 0 Å². The first-order chi connectivity index (χ1) is 7.72. The Labute approximate surface area is 101 Å². The molecule has 0 saturated heterocycles. The molecule has 1 aliphatic carbocycles. The number of nitrogens with one attached hydrogen (secondary N) is 1. The zero-order chi connectivity index (χ0) is 11.5. The van der Waals surface area contributed by atoms with Crippen LogP contribution >= 0.6 is 11.8 Å². The molecule has 1 aromatic heterocycles. The smallest absolute Gasteiger partial charge is 0.149 e. The fourth-order valence-corrected chi connectivity index (χ4v) is 3.17. The Bertz CT molecular complexity index is 367. The monoisotopic (exact) mass is 237 g/mol. The van der Waals surface area contributed by atoms with Gasteiger partial charge in [0.05, 0.1) is 5.69 Å². The van der Waals surface area contributed by atoms with Crippen LogP contribution in [0.15, 0.2) is 12.3 Å². The third kappa shape index (κ3) is 2.26. The van der Waals surface area contributed by atoms with Crippen molar-refractivity contribution < 1.29 is 0 Å². The van der Waals surface area contributed by atoms with Gasteiger partial charge in [-0.2, -0.15) is 11.8 Å². The predicted molar refractivity (Wildman–Crippen MR) is 72.0 cm³/mol. The number of nitrogens with two attached hydrogens (primary N) is 1. The molecule has 0 radical (unpaired) electrons. The molecule has 2 rings (SSSR count). The molecule has 0 spiro atoms. The molecule has 3 nitrogen and oxygen atoms in total. The summed E-state index contributed by atoms with van der Waals surface area (Å²) in [5.74, 6) is 0.853. The van der Waals surface area contributed by atoms with Crippen LogP contribution in [0, 0.1) is 6.92 Å². The van der Waals surface area contributed by atoms with Crippen LogP contribution in [-0.4, -0.2) is 22.5 Å². The lowest BCUT2D eigenvalue weighted by atomic mass is 10.2. The van der Waals surface area contributed by atoms with Crippen LogP contribution in [0.3, 0.4) is 0 Å². The molecular formula is C12H19N3S. The summed E-state index contributed by atoms with van der Waals surface area (Å²) in [7, 11) is 0. The molecule has 1 fully saturated rings. The fraction of sp³-hybridized carbons (Fsp3) is 0.583. The van der Waals surface area contributed by atoms with E-state index in [1.807, 2.05) is 30.9 Å². The number of nitrogen functional groups attached to an aromatic ring is 1. The Morgan fingerprint density at radius 2 is 2.31 bits per heavy atom. The van der Waals surface area contributed by atoms with E-state index in [0.29, 0.717) is 11.3 Å². The van der Waals surface area contributed by atoms with E-state index in [1.165, 1.54) is 19.3 Å². The summed E-state index contributed by atoms with van der Waals surface area (Å²) in [4.78, 5) is 4.33. The summed E-state index contributed by atoms with van der Waals surface area (Å²) in [5.41, 5.74) is 7.90. The van der Waals surface area contributed by atoms with Gasteiger partial charge in [-0.1, -0.05) is 6.42 Å². The van der Waals surface area contributed by atoms with Crippen molar-refractivity contribution >= 4 is 23.3 Å². The van der Waals surface area contributed by atoms with Gasteiger partial charge in [0.25, 0.3) is 0 Å². The summed E-state index contributed by atoms with van der Waals surface area (Å²) in [5, 5.41) is 4.19. The van der Waals surface area contributed by atoms with Gasteiger partial charge in [0.15, 0.2) is 0 Å². The highest BCUT2D eigenvalue weighted by Gasteiger charge is 2.27. The maximum absolute atomic E-state index is 6.02. The van der Waals surface area contributed by atoms with Gasteiger partial charge in [0.1, 0.15) is 5.82 Å². The average Bonchev–Trinajstić information content (AvgIpc) is 2.72. The van der Waals surface area contributed by atoms with E-state index in [9.17, 15) is 0 Å². The summed E-state index contributed by atoms with van der Waals surface area (Å²) in [6.45, 7) is 2.02.